The lowest BCUT2D eigenvalue weighted by Gasteiger charge is -2.13. The van der Waals surface area contributed by atoms with Crippen LogP contribution >= 0.6 is 0 Å². The molecule has 100 valence electrons. The van der Waals surface area contributed by atoms with Crippen molar-refractivity contribution in [1.29, 1.82) is 0 Å². The third kappa shape index (κ3) is 3.00. The van der Waals surface area contributed by atoms with E-state index in [0.717, 1.165) is 12.8 Å². The Balaban J connectivity index is 3.13. The van der Waals surface area contributed by atoms with Crippen LogP contribution in [0.4, 0.5) is 4.39 Å². The molecular weight excluding hydrogens is 235 g/mol. The highest BCUT2D eigenvalue weighted by Gasteiger charge is 2.21. The molecule has 0 saturated carbocycles. The van der Waals surface area contributed by atoms with Gasteiger partial charge >= 0.3 is 0 Å². The highest BCUT2D eigenvalue weighted by molar-refractivity contribution is 5.98. The molecule has 1 unspecified atom stereocenters. The monoisotopic (exact) mass is 254 g/mol. The molecule has 1 rings (SSSR count). The second-order valence-electron chi connectivity index (χ2n) is 4.24. The van der Waals surface area contributed by atoms with Crippen molar-refractivity contribution in [1.82, 2.24) is 0 Å². The maximum Gasteiger partial charge on any atom is 0.168 e. The topological polar surface area (TPSA) is 35.5 Å². The summed E-state index contributed by atoms with van der Waals surface area (Å²) in [5, 5.41) is 0. The average Bonchev–Trinajstić information content (AvgIpc) is 2.37. The van der Waals surface area contributed by atoms with E-state index in [1.807, 2.05) is 13.8 Å². The molecule has 1 aromatic rings. The van der Waals surface area contributed by atoms with Gasteiger partial charge in [-0.15, -0.1) is 0 Å². The number of hydrogen-bond acceptors (Lipinski definition) is 3. The molecule has 1 aromatic carbocycles. The van der Waals surface area contributed by atoms with Gasteiger partial charge in [0.05, 0.1) is 19.8 Å². The minimum absolute atomic E-state index is 0.0635. The Kier molecular flexibility index (Phi) is 5.13. The first-order chi connectivity index (χ1) is 8.54. The molecule has 0 aliphatic rings. The quantitative estimate of drug-likeness (QED) is 0.729. The number of rotatable bonds is 6. The summed E-state index contributed by atoms with van der Waals surface area (Å²) in [6.45, 7) is 3.80. The van der Waals surface area contributed by atoms with Crippen molar-refractivity contribution in [2.24, 2.45) is 5.92 Å². The van der Waals surface area contributed by atoms with Gasteiger partial charge in [0.1, 0.15) is 5.82 Å². The molecule has 1 atom stereocenters. The summed E-state index contributed by atoms with van der Waals surface area (Å²) in [5.74, 6) is -0.306. The van der Waals surface area contributed by atoms with Crippen LogP contribution in [0.15, 0.2) is 12.1 Å². The minimum atomic E-state index is -0.569. The van der Waals surface area contributed by atoms with Crippen LogP contribution in [0.2, 0.25) is 0 Å². The van der Waals surface area contributed by atoms with Gasteiger partial charge in [0.25, 0.3) is 0 Å². The second-order valence-corrected chi connectivity index (χ2v) is 4.24. The fourth-order valence-electron chi connectivity index (χ4n) is 1.87. The SMILES string of the molecule is CCCC(C)C(=O)c1cc(OC)c(OC)cc1F. The predicted octanol–water partition coefficient (Wildman–Crippen LogP) is 3.46. The number of ketones is 1. The third-order valence-electron chi connectivity index (χ3n) is 2.91. The molecule has 18 heavy (non-hydrogen) atoms. The molecule has 0 heterocycles. The molecule has 0 amide bonds. The molecule has 0 N–H and O–H groups in total. The first-order valence-corrected chi connectivity index (χ1v) is 6.00. The average molecular weight is 254 g/mol. The van der Waals surface area contributed by atoms with Crippen molar-refractivity contribution in [2.45, 2.75) is 26.7 Å². The zero-order valence-corrected chi connectivity index (χ0v) is 11.2. The molecule has 0 spiro atoms. The van der Waals surface area contributed by atoms with Crippen LogP contribution < -0.4 is 9.47 Å². The molecule has 0 aromatic heterocycles. The van der Waals surface area contributed by atoms with Gasteiger partial charge < -0.3 is 9.47 Å². The number of hydrogen-bond donors (Lipinski definition) is 0. The van der Waals surface area contributed by atoms with E-state index >= 15 is 0 Å². The van der Waals surface area contributed by atoms with Gasteiger partial charge in [-0.25, -0.2) is 4.39 Å². The Hall–Kier alpha value is -1.58. The Morgan fingerprint density at radius 3 is 2.33 bits per heavy atom. The molecule has 0 saturated heterocycles. The molecule has 0 bridgehead atoms. The molecule has 0 fully saturated rings. The Morgan fingerprint density at radius 1 is 1.28 bits per heavy atom. The van der Waals surface area contributed by atoms with E-state index in [2.05, 4.69) is 0 Å². The van der Waals surface area contributed by atoms with Crippen molar-refractivity contribution in [3.63, 3.8) is 0 Å². The zero-order chi connectivity index (χ0) is 13.7. The van der Waals surface area contributed by atoms with Crippen LogP contribution in [0.3, 0.4) is 0 Å². The van der Waals surface area contributed by atoms with Crippen molar-refractivity contribution in [2.75, 3.05) is 14.2 Å². The molecule has 3 nitrogen and oxygen atoms in total. The van der Waals surface area contributed by atoms with E-state index in [1.54, 1.807) is 0 Å². The van der Waals surface area contributed by atoms with Crippen LogP contribution in [0.5, 0.6) is 11.5 Å². The summed E-state index contributed by atoms with van der Waals surface area (Å²) < 4.78 is 23.9. The minimum Gasteiger partial charge on any atom is -0.493 e. The maximum atomic E-state index is 13.8. The lowest BCUT2D eigenvalue weighted by molar-refractivity contribution is 0.0919. The summed E-state index contributed by atoms with van der Waals surface area (Å²) >= 11 is 0. The zero-order valence-electron chi connectivity index (χ0n) is 11.2. The van der Waals surface area contributed by atoms with E-state index < -0.39 is 5.82 Å². The highest BCUT2D eigenvalue weighted by Crippen LogP contribution is 2.31. The molecule has 4 heteroatoms. The van der Waals surface area contributed by atoms with Crippen molar-refractivity contribution in [3.05, 3.63) is 23.5 Å². The number of ether oxygens (including phenoxy) is 2. The fraction of sp³-hybridized carbons (Fsp3) is 0.500. The standard InChI is InChI=1S/C14H19FO3/c1-5-6-9(2)14(16)10-7-12(17-3)13(18-4)8-11(10)15/h7-9H,5-6H2,1-4H3. The summed E-state index contributed by atoms with van der Waals surface area (Å²) in [4.78, 5) is 12.1. The number of carbonyl (C=O) groups is 1. The smallest absolute Gasteiger partial charge is 0.168 e. The van der Waals surface area contributed by atoms with E-state index in [1.165, 1.54) is 26.4 Å². The largest absolute Gasteiger partial charge is 0.493 e. The van der Waals surface area contributed by atoms with Gasteiger partial charge in [0, 0.05) is 12.0 Å². The van der Waals surface area contributed by atoms with Crippen LogP contribution in [-0.4, -0.2) is 20.0 Å². The number of halogens is 1. The molecule has 0 aliphatic carbocycles. The van der Waals surface area contributed by atoms with Crippen molar-refractivity contribution < 1.29 is 18.7 Å². The Labute approximate surface area is 107 Å². The van der Waals surface area contributed by atoms with Crippen LogP contribution in [-0.2, 0) is 0 Å². The van der Waals surface area contributed by atoms with Gasteiger partial charge in [0.2, 0.25) is 0 Å². The predicted molar refractivity (Wildman–Crippen MR) is 67.9 cm³/mol. The first kappa shape index (κ1) is 14.5. The van der Waals surface area contributed by atoms with Gasteiger partial charge in [-0.2, -0.15) is 0 Å². The lowest BCUT2D eigenvalue weighted by Crippen LogP contribution is -2.13. The van der Waals surface area contributed by atoms with Crippen LogP contribution in [0, 0.1) is 11.7 Å². The number of benzene rings is 1. The Bertz CT molecular complexity index is 429. The molecule has 0 aliphatic heterocycles. The lowest BCUT2D eigenvalue weighted by atomic mass is 9.95. The van der Waals surface area contributed by atoms with E-state index in [0.29, 0.717) is 5.75 Å². The normalized spacial score (nSPS) is 12.1. The van der Waals surface area contributed by atoms with Gasteiger partial charge in [0.15, 0.2) is 17.3 Å². The third-order valence-corrected chi connectivity index (χ3v) is 2.91. The Morgan fingerprint density at radius 2 is 1.83 bits per heavy atom. The van der Waals surface area contributed by atoms with Gasteiger partial charge in [-0.3, -0.25) is 4.79 Å². The summed E-state index contributed by atoms with van der Waals surface area (Å²) in [5.41, 5.74) is 0.0635. The number of Topliss-reactive ketones (excluding diaryl/α,β-unsaturated/α-hetero) is 1. The van der Waals surface area contributed by atoms with E-state index in [-0.39, 0.29) is 23.0 Å². The molecule has 0 radical (unpaired) electrons. The van der Waals surface area contributed by atoms with Crippen LogP contribution in [0.25, 0.3) is 0 Å². The van der Waals surface area contributed by atoms with E-state index in [4.69, 9.17) is 9.47 Å². The van der Waals surface area contributed by atoms with Gasteiger partial charge in [-0.1, -0.05) is 20.3 Å². The van der Waals surface area contributed by atoms with Gasteiger partial charge in [-0.05, 0) is 12.5 Å². The van der Waals surface area contributed by atoms with Crippen molar-refractivity contribution >= 4 is 5.78 Å². The van der Waals surface area contributed by atoms with E-state index in [9.17, 15) is 9.18 Å². The summed E-state index contributed by atoms with van der Waals surface area (Å²) in [7, 11) is 2.89. The van der Waals surface area contributed by atoms with Crippen molar-refractivity contribution in [3.8, 4) is 11.5 Å². The molecular formula is C14H19FO3. The fourth-order valence-corrected chi connectivity index (χ4v) is 1.87. The summed E-state index contributed by atoms with van der Waals surface area (Å²) in [6.07, 6.45) is 1.63. The number of carbonyl (C=O) groups excluding carboxylic acids is 1. The highest BCUT2D eigenvalue weighted by atomic mass is 19.1. The number of methoxy groups -OCH3 is 2. The van der Waals surface area contributed by atoms with Crippen LogP contribution in [0.1, 0.15) is 37.0 Å². The summed E-state index contributed by atoms with van der Waals surface area (Å²) in [6, 6.07) is 2.59. The first-order valence-electron chi connectivity index (χ1n) is 6.00. The maximum absolute atomic E-state index is 13.8. The second kappa shape index (κ2) is 6.38.